The quantitative estimate of drug-likeness (QED) is 0.801. The van der Waals surface area contributed by atoms with Crippen LogP contribution in [0.4, 0.5) is 4.39 Å². The van der Waals surface area contributed by atoms with Crippen molar-refractivity contribution in [2.24, 2.45) is 0 Å². The van der Waals surface area contributed by atoms with E-state index in [4.69, 9.17) is 14.0 Å². The van der Waals surface area contributed by atoms with E-state index in [-0.39, 0.29) is 11.9 Å². The molecule has 1 aromatic carbocycles. The molecule has 0 bridgehead atoms. The standard InChI is InChI=1S/C16H22BFO3/c1-15(2)16(3,4)21-17(20-15)13-9-8-12(10-14(13)18)19-11-6-5-7-11/h8-11H,5-7H2,1-4H3. The molecule has 2 aliphatic rings. The fraction of sp³-hybridized carbons (Fsp3) is 0.625. The van der Waals surface area contributed by atoms with Gasteiger partial charge in [0.2, 0.25) is 0 Å². The van der Waals surface area contributed by atoms with Gasteiger partial charge in [-0.2, -0.15) is 0 Å². The van der Waals surface area contributed by atoms with Gasteiger partial charge in [-0.05, 0) is 53.0 Å². The monoisotopic (exact) mass is 292 g/mol. The molecule has 1 saturated heterocycles. The first-order valence-corrected chi connectivity index (χ1v) is 7.60. The van der Waals surface area contributed by atoms with E-state index in [0.29, 0.717) is 11.2 Å². The Kier molecular flexibility index (Phi) is 3.53. The van der Waals surface area contributed by atoms with Crippen molar-refractivity contribution in [3.63, 3.8) is 0 Å². The maximum atomic E-state index is 14.3. The van der Waals surface area contributed by atoms with Crippen LogP contribution in [0.3, 0.4) is 0 Å². The lowest BCUT2D eigenvalue weighted by Gasteiger charge is -2.32. The molecule has 1 aromatic rings. The van der Waals surface area contributed by atoms with E-state index < -0.39 is 18.3 Å². The molecule has 2 fully saturated rings. The Balaban J connectivity index is 1.77. The summed E-state index contributed by atoms with van der Waals surface area (Å²) in [5.74, 6) is 0.239. The number of hydrogen-bond donors (Lipinski definition) is 0. The molecule has 0 spiro atoms. The molecule has 0 N–H and O–H groups in total. The number of ether oxygens (including phenoxy) is 1. The Hall–Kier alpha value is -1.07. The van der Waals surface area contributed by atoms with Gasteiger partial charge in [-0.15, -0.1) is 0 Å². The summed E-state index contributed by atoms with van der Waals surface area (Å²) in [6.07, 6.45) is 3.55. The highest BCUT2D eigenvalue weighted by Crippen LogP contribution is 2.36. The molecule has 114 valence electrons. The van der Waals surface area contributed by atoms with E-state index in [2.05, 4.69) is 0 Å². The van der Waals surface area contributed by atoms with Gasteiger partial charge in [-0.1, -0.05) is 6.07 Å². The van der Waals surface area contributed by atoms with E-state index in [9.17, 15) is 4.39 Å². The van der Waals surface area contributed by atoms with E-state index in [1.807, 2.05) is 27.7 Å². The minimum Gasteiger partial charge on any atom is -0.490 e. The molecule has 0 radical (unpaired) electrons. The van der Waals surface area contributed by atoms with Crippen LogP contribution < -0.4 is 10.2 Å². The van der Waals surface area contributed by atoms with Gasteiger partial charge in [-0.25, -0.2) is 4.39 Å². The summed E-state index contributed by atoms with van der Waals surface area (Å²) < 4.78 is 31.8. The SMILES string of the molecule is CC1(C)OB(c2ccc(OC3CCC3)cc2F)OC1(C)C. The molecule has 0 amide bonds. The van der Waals surface area contributed by atoms with Gasteiger partial charge in [-0.3, -0.25) is 0 Å². The Morgan fingerprint density at radius 2 is 1.76 bits per heavy atom. The molecule has 21 heavy (non-hydrogen) atoms. The maximum Gasteiger partial charge on any atom is 0.497 e. The van der Waals surface area contributed by atoms with Crippen molar-refractivity contribution in [1.29, 1.82) is 0 Å². The summed E-state index contributed by atoms with van der Waals surface area (Å²) in [4.78, 5) is 0. The third-order valence-electron chi connectivity index (χ3n) is 4.83. The average Bonchev–Trinajstić information content (AvgIpc) is 2.53. The summed E-state index contributed by atoms with van der Waals surface area (Å²) in [5, 5.41) is 0. The van der Waals surface area contributed by atoms with E-state index in [0.717, 1.165) is 12.8 Å². The number of hydrogen-bond acceptors (Lipinski definition) is 3. The molecule has 3 rings (SSSR count). The molecule has 1 aliphatic carbocycles. The minimum atomic E-state index is -0.673. The lowest BCUT2D eigenvalue weighted by Crippen LogP contribution is -2.41. The molecule has 1 heterocycles. The topological polar surface area (TPSA) is 27.7 Å². The number of benzene rings is 1. The lowest BCUT2D eigenvalue weighted by molar-refractivity contribution is 0.00578. The summed E-state index contributed by atoms with van der Waals surface area (Å²) in [7, 11) is -0.673. The zero-order chi connectivity index (χ0) is 15.3. The summed E-state index contributed by atoms with van der Waals surface area (Å²) >= 11 is 0. The molecule has 1 saturated carbocycles. The van der Waals surface area contributed by atoms with Crippen LogP contribution in [-0.2, 0) is 9.31 Å². The second-order valence-electron chi connectivity index (χ2n) is 6.94. The second-order valence-corrected chi connectivity index (χ2v) is 6.94. The van der Waals surface area contributed by atoms with Crippen LogP contribution in [0.1, 0.15) is 47.0 Å². The van der Waals surface area contributed by atoms with Crippen molar-refractivity contribution in [2.45, 2.75) is 64.3 Å². The van der Waals surface area contributed by atoms with E-state index >= 15 is 0 Å². The second kappa shape index (κ2) is 4.99. The minimum absolute atomic E-state index is 0.243. The van der Waals surface area contributed by atoms with Crippen LogP contribution in [0.25, 0.3) is 0 Å². The third kappa shape index (κ3) is 2.69. The molecule has 0 aromatic heterocycles. The molecule has 0 atom stereocenters. The molecular formula is C16H22BFO3. The van der Waals surface area contributed by atoms with Crippen molar-refractivity contribution in [3.05, 3.63) is 24.0 Å². The van der Waals surface area contributed by atoms with Crippen molar-refractivity contribution >= 4 is 12.6 Å². The third-order valence-corrected chi connectivity index (χ3v) is 4.83. The first-order valence-electron chi connectivity index (χ1n) is 7.60. The highest BCUT2D eigenvalue weighted by Gasteiger charge is 2.52. The predicted molar refractivity (Wildman–Crippen MR) is 80.4 cm³/mol. The summed E-state index contributed by atoms with van der Waals surface area (Å²) in [6, 6.07) is 4.92. The van der Waals surface area contributed by atoms with Crippen molar-refractivity contribution in [1.82, 2.24) is 0 Å². The van der Waals surface area contributed by atoms with Gasteiger partial charge in [0.1, 0.15) is 11.6 Å². The van der Waals surface area contributed by atoms with E-state index in [1.165, 1.54) is 12.5 Å². The number of halogens is 1. The smallest absolute Gasteiger partial charge is 0.490 e. The number of rotatable bonds is 3. The normalized spacial score (nSPS) is 24.0. The first-order chi connectivity index (χ1) is 9.78. The lowest BCUT2D eigenvalue weighted by atomic mass is 9.78. The average molecular weight is 292 g/mol. The maximum absolute atomic E-state index is 14.3. The van der Waals surface area contributed by atoms with Crippen LogP contribution in [0.5, 0.6) is 5.75 Å². The van der Waals surface area contributed by atoms with Gasteiger partial charge in [0, 0.05) is 11.5 Å². The summed E-state index contributed by atoms with van der Waals surface area (Å²) in [6.45, 7) is 7.83. The van der Waals surface area contributed by atoms with Crippen LogP contribution in [0.2, 0.25) is 0 Å². The molecule has 1 aliphatic heterocycles. The van der Waals surface area contributed by atoms with Crippen molar-refractivity contribution < 1.29 is 18.4 Å². The van der Waals surface area contributed by atoms with Crippen molar-refractivity contribution in [3.8, 4) is 5.75 Å². The van der Waals surface area contributed by atoms with Crippen LogP contribution in [0.15, 0.2) is 18.2 Å². The Morgan fingerprint density at radius 1 is 1.14 bits per heavy atom. The van der Waals surface area contributed by atoms with Gasteiger partial charge in [0.05, 0.1) is 17.3 Å². The van der Waals surface area contributed by atoms with Crippen molar-refractivity contribution in [2.75, 3.05) is 0 Å². The Bertz CT molecular complexity index is 524. The first kappa shape index (κ1) is 14.9. The summed E-state index contributed by atoms with van der Waals surface area (Å²) in [5.41, 5.74) is -0.509. The fourth-order valence-corrected chi connectivity index (χ4v) is 2.42. The van der Waals surface area contributed by atoms with Crippen LogP contribution >= 0.6 is 0 Å². The zero-order valence-corrected chi connectivity index (χ0v) is 13.1. The van der Waals surface area contributed by atoms with Crippen LogP contribution in [0, 0.1) is 5.82 Å². The van der Waals surface area contributed by atoms with E-state index in [1.54, 1.807) is 12.1 Å². The largest absolute Gasteiger partial charge is 0.497 e. The Labute approximate surface area is 125 Å². The van der Waals surface area contributed by atoms with Gasteiger partial charge < -0.3 is 14.0 Å². The molecule has 5 heteroatoms. The van der Waals surface area contributed by atoms with Gasteiger partial charge in [0.25, 0.3) is 0 Å². The Morgan fingerprint density at radius 3 is 2.24 bits per heavy atom. The molecule has 3 nitrogen and oxygen atoms in total. The highest BCUT2D eigenvalue weighted by atomic mass is 19.1. The molecule has 0 unspecified atom stereocenters. The highest BCUT2D eigenvalue weighted by molar-refractivity contribution is 6.62. The van der Waals surface area contributed by atoms with Gasteiger partial charge in [0.15, 0.2) is 0 Å². The predicted octanol–water partition coefficient (Wildman–Crippen LogP) is 3.06. The molecular weight excluding hydrogens is 270 g/mol. The van der Waals surface area contributed by atoms with Gasteiger partial charge >= 0.3 is 7.12 Å². The fourth-order valence-electron chi connectivity index (χ4n) is 2.42. The van der Waals surface area contributed by atoms with Crippen LogP contribution in [-0.4, -0.2) is 24.4 Å². The zero-order valence-electron chi connectivity index (χ0n) is 13.1.